The molecular formula is C10H15N3O. The quantitative estimate of drug-likeness (QED) is 0.764. The van der Waals surface area contributed by atoms with Crippen molar-refractivity contribution in [3.63, 3.8) is 0 Å². The minimum Gasteiger partial charge on any atom is -0.384 e. The van der Waals surface area contributed by atoms with Crippen LogP contribution in [0, 0.1) is 0 Å². The zero-order valence-electron chi connectivity index (χ0n) is 8.36. The third-order valence-corrected chi connectivity index (χ3v) is 2.47. The molecule has 2 N–H and O–H groups in total. The molecule has 0 aliphatic carbocycles. The first-order valence-corrected chi connectivity index (χ1v) is 5.00. The molecule has 0 radical (unpaired) electrons. The lowest BCUT2D eigenvalue weighted by molar-refractivity contribution is 0.193. The Hall–Kier alpha value is -1.16. The molecule has 2 rings (SSSR count). The number of anilines is 1. The average Bonchev–Trinajstić information content (AvgIpc) is 2.69. The Labute approximate surface area is 83.5 Å². The molecule has 4 heteroatoms. The molecule has 0 bridgehead atoms. The summed E-state index contributed by atoms with van der Waals surface area (Å²) in [6.45, 7) is 3.60. The van der Waals surface area contributed by atoms with E-state index in [1.165, 1.54) is 0 Å². The van der Waals surface area contributed by atoms with Crippen LogP contribution in [0.25, 0.3) is 0 Å². The molecule has 1 unspecified atom stereocenters. The summed E-state index contributed by atoms with van der Waals surface area (Å²) in [6.07, 6.45) is 1.90. The van der Waals surface area contributed by atoms with Gasteiger partial charge in [0.15, 0.2) is 0 Å². The van der Waals surface area contributed by atoms with Crippen LogP contribution >= 0.6 is 0 Å². The van der Waals surface area contributed by atoms with Gasteiger partial charge in [-0.1, -0.05) is 6.92 Å². The number of hydrogen-bond donors (Lipinski definition) is 1. The van der Waals surface area contributed by atoms with Crippen molar-refractivity contribution >= 4 is 5.82 Å². The van der Waals surface area contributed by atoms with Crippen LogP contribution in [-0.4, -0.2) is 23.2 Å². The molecule has 76 valence electrons. The van der Waals surface area contributed by atoms with Crippen LogP contribution in [0.2, 0.25) is 0 Å². The lowest BCUT2D eigenvalue weighted by atomic mass is 10.1. The smallest absolute Gasteiger partial charge is 0.136 e. The number of hydrogen-bond acceptors (Lipinski definition) is 4. The maximum atomic E-state index is 5.71. The van der Waals surface area contributed by atoms with E-state index in [1.54, 1.807) is 0 Å². The number of aromatic nitrogens is 2. The second-order valence-electron chi connectivity index (χ2n) is 3.56. The van der Waals surface area contributed by atoms with Gasteiger partial charge in [0.25, 0.3) is 0 Å². The van der Waals surface area contributed by atoms with E-state index < -0.39 is 0 Å². The van der Waals surface area contributed by atoms with Crippen LogP contribution in [0.4, 0.5) is 5.82 Å². The van der Waals surface area contributed by atoms with E-state index >= 15 is 0 Å². The van der Waals surface area contributed by atoms with Gasteiger partial charge in [0.1, 0.15) is 11.6 Å². The molecule has 0 aromatic carbocycles. The van der Waals surface area contributed by atoms with E-state index in [0.29, 0.717) is 11.7 Å². The maximum Gasteiger partial charge on any atom is 0.136 e. The molecule has 1 aromatic rings. The Morgan fingerprint density at radius 1 is 1.57 bits per heavy atom. The Morgan fingerprint density at radius 3 is 3.07 bits per heavy atom. The summed E-state index contributed by atoms with van der Waals surface area (Å²) in [6, 6.07) is 1.83. The molecule has 1 atom stereocenters. The summed E-state index contributed by atoms with van der Waals surface area (Å²) in [5.41, 5.74) is 6.72. The molecule has 4 nitrogen and oxygen atoms in total. The minimum absolute atomic E-state index is 0.337. The number of nitrogen functional groups attached to an aromatic ring is 1. The van der Waals surface area contributed by atoms with Gasteiger partial charge >= 0.3 is 0 Å². The third kappa shape index (κ3) is 1.85. The van der Waals surface area contributed by atoms with E-state index in [9.17, 15) is 0 Å². The van der Waals surface area contributed by atoms with Gasteiger partial charge in [-0.15, -0.1) is 0 Å². The van der Waals surface area contributed by atoms with Crippen molar-refractivity contribution in [3.05, 3.63) is 17.6 Å². The third-order valence-electron chi connectivity index (χ3n) is 2.47. The van der Waals surface area contributed by atoms with E-state index in [2.05, 4.69) is 16.9 Å². The second kappa shape index (κ2) is 3.92. The van der Waals surface area contributed by atoms with Gasteiger partial charge in [0.2, 0.25) is 0 Å². The predicted octanol–water partition coefficient (Wildman–Crippen LogP) is 1.13. The largest absolute Gasteiger partial charge is 0.384 e. The van der Waals surface area contributed by atoms with Gasteiger partial charge in [-0.2, -0.15) is 0 Å². The molecule has 0 spiro atoms. The lowest BCUT2D eigenvalue weighted by Gasteiger charge is -2.08. The van der Waals surface area contributed by atoms with Crippen LogP contribution in [0.1, 0.15) is 30.8 Å². The first-order chi connectivity index (χ1) is 6.79. The highest BCUT2D eigenvalue weighted by molar-refractivity contribution is 5.30. The van der Waals surface area contributed by atoms with Gasteiger partial charge in [-0.3, -0.25) is 0 Å². The van der Waals surface area contributed by atoms with Crippen LogP contribution in [0.5, 0.6) is 0 Å². The number of rotatable bonds is 2. The van der Waals surface area contributed by atoms with Crippen molar-refractivity contribution in [1.29, 1.82) is 0 Å². The normalized spacial score (nSPS) is 21.4. The van der Waals surface area contributed by atoms with Gasteiger partial charge in [0.05, 0.1) is 6.61 Å². The lowest BCUT2D eigenvalue weighted by Crippen LogP contribution is -2.08. The first-order valence-electron chi connectivity index (χ1n) is 5.00. The number of nitrogens with two attached hydrogens (primary N) is 1. The Balaban J connectivity index is 2.27. The van der Waals surface area contributed by atoms with Gasteiger partial charge in [-0.25, -0.2) is 9.97 Å². The van der Waals surface area contributed by atoms with Crippen LogP contribution < -0.4 is 5.73 Å². The van der Waals surface area contributed by atoms with E-state index in [-0.39, 0.29) is 0 Å². The summed E-state index contributed by atoms with van der Waals surface area (Å²) in [5, 5.41) is 0. The molecule has 2 heterocycles. The van der Waals surface area contributed by atoms with Crippen LogP contribution in [0.3, 0.4) is 0 Å². The highest BCUT2D eigenvalue weighted by Gasteiger charge is 2.20. The van der Waals surface area contributed by atoms with Gasteiger partial charge in [0, 0.05) is 24.3 Å². The summed E-state index contributed by atoms with van der Waals surface area (Å²) in [7, 11) is 0. The topological polar surface area (TPSA) is 61.0 Å². The summed E-state index contributed by atoms with van der Waals surface area (Å²) < 4.78 is 5.30. The number of ether oxygens (including phenoxy) is 1. The predicted molar refractivity (Wildman–Crippen MR) is 54.0 cm³/mol. The molecule has 0 amide bonds. The van der Waals surface area contributed by atoms with Gasteiger partial charge in [-0.05, 0) is 12.8 Å². The monoisotopic (exact) mass is 193 g/mol. The maximum absolute atomic E-state index is 5.71. The molecule has 14 heavy (non-hydrogen) atoms. The Morgan fingerprint density at radius 2 is 2.43 bits per heavy atom. The second-order valence-corrected chi connectivity index (χ2v) is 3.56. The summed E-state index contributed by atoms with van der Waals surface area (Å²) in [4.78, 5) is 8.71. The first kappa shape index (κ1) is 9.40. The Bertz CT molecular complexity index is 321. The highest BCUT2D eigenvalue weighted by Crippen LogP contribution is 2.22. The molecule has 1 saturated heterocycles. The molecule has 1 aliphatic rings. The fourth-order valence-corrected chi connectivity index (χ4v) is 1.64. The fraction of sp³-hybridized carbons (Fsp3) is 0.600. The zero-order valence-corrected chi connectivity index (χ0v) is 8.36. The van der Waals surface area contributed by atoms with E-state index in [4.69, 9.17) is 10.5 Å². The molecule has 1 fully saturated rings. The SMILES string of the molecule is CCc1cc(N)nc(C2CCOC2)n1. The molecule has 0 saturated carbocycles. The van der Waals surface area contributed by atoms with Crippen molar-refractivity contribution in [2.75, 3.05) is 18.9 Å². The number of nitrogens with zero attached hydrogens (tertiary/aromatic N) is 2. The summed E-state index contributed by atoms with van der Waals surface area (Å²) in [5.74, 6) is 1.75. The molecular weight excluding hydrogens is 178 g/mol. The van der Waals surface area contributed by atoms with E-state index in [0.717, 1.165) is 37.6 Å². The van der Waals surface area contributed by atoms with Crippen LogP contribution in [0.15, 0.2) is 6.07 Å². The summed E-state index contributed by atoms with van der Waals surface area (Å²) >= 11 is 0. The molecule has 1 aliphatic heterocycles. The van der Waals surface area contributed by atoms with Crippen molar-refractivity contribution in [2.45, 2.75) is 25.7 Å². The minimum atomic E-state index is 0.337. The van der Waals surface area contributed by atoms with Crippen molar-refractivity contribution in [1.82, 2.24) is 9.97 Å². The van der Waals surface area contributed by atoms with Crippen molar-refractivity contribution in [2.24, 2.45) is 0 Å². The average molecular weight is 193 g/mol. The zero-order chi connectivity index (χ0) is 9.97. The molecule has 1 aromatic heterocycles. The van der Waals surface area contributed by atoms with E-state index in [1.807, 2.05) is 6.07 Å². The fourth-order valence-electron chi connectivity index (χ4n) is 1.64. The number of aryl methyl sites for hydroxylation is 1. The van der Waals surface area contributed by atoms with Crippen molar-refractivity contribution in [3.8, 4) is 0 Å². The van der Waals surface area contributed by atoms with Gasteiger partial charge < -0.3 is 10.5 Å². The Kier molecular flexibility index (Phi) is 2.63. The highest BCUT2D eigenvalue weighted by atomic mass is 16.5. The van der Waals surface area contributed by atoms with Crippen molar-refractivity contribution < 1.29 is 4.74 Å². The van der Waals surface area contributed by atoms with Crippen LogP contribution in [-0.2, 0) is 11.2 Å². The standard InChI is InChI=1S/C10H15N3O/c1-2-8-5-9(11)13-10(12-8)7-3-4-14-6-7/h5,7H,2-4,6H2,1H3,(H2,11,12,13).